The van der Waals surface area contributed by atoms with Crippen molar-refractivity contribution in [3.8, 4) is 11.5 Å². The van der Waals surface area contributed by atoms with E-state index in [0.717, 1.165) is 42.0 Å². The molecule has 0 saturated heterocycles. The van der Waals surface area contributed by atoms with E-state index in [1.54, 1.807) is 12.1 Å². The molecule has 9 heteroatoms. The predicted molar refractivity (Wildman–Crippen MR) is 167 cm³/mol. The number of amides is 2. The van der Waals surface area contributed by atoms with Gasteiger partial charge in [-0.05, 0) is 78.8 Å². The molecule has 2 aliphatic carbocycles. The molecule has 0 saturated carbocycles. The fourth-order valence-electron chi connectivity index (χ4n) is 5.54. The number of para-hydroxylation sites is 1. The van der Waals surface area contributed by atoms with Crippen molar-refractivity contribution in [3.63, 3.8) is 0 Å². The maximum Gasteiger partial charge on any atom is 0.323 e. The molecule has 0 bridgehead atoms. The van der Waals surface area contributed by atoms with Gasteiger partial charge in [0.05, 0.1) is 11.6 Å². The number of hydrogen-bond donors (Lipinski definition) is 6. The van der Waals surface area contributed by atoms with Crippen LogP contribution in [0.5, 0.6) is 11.5 Å². The van der Waals surface area contributed by atoms with E-state index in [1.165, 1.54) is 12.1 Å². The number of H-pyrrole nitrogens is 1. The number of aliphatic hydroxyl groups excluding tert-OH is 1. The Balaban J connectivity index is 1.13. The zero-order chi connectivity index (χ0) is 30.3. The summed E-state index contributed by atoms with van der Waals surface area (Å²) in [5.74, 6) is 2.03. The third kappa shape index (κ3) is 8.03. The largest absolute Gasteiger partial charge is 0.506 e. The number of urea groups is 1. The number of carbonyl (C=O) groups excluding carboxylic acids is 1. The minimum absolute atomic E-state index is 0.0387. The zero-order valence-corrected chi connectivity index (χ0v) is 24.4. The van der Waals surface area contributed by atoms with Crippen molar-refractivity contribution in [2.75, 3.05) is 13.1 Å². The van der Waals surface area contributed by atoms with Gasteiger partial charge in [-0.2, -0.15) is 0 Å². The minimum Gasteiger partial charge on any atom is -0.506 e. The van der Waals surface area contributed by atoms with Crippen molar-refractivity contribution in [1.29, 1.82) is 0 Å². The van der Waals surface area contributed by atoms with Crippen LogP contribution in [0.4, 0.5) is 4.79 Å². The third-order valence-corrected chi connectivity index (χ3v) is 7.42. The number of aliphatic hydroxyl groups is 1. The maximum atomic E-state index is 12.9. The van der Waals surface area contributed by atoms with E-state index in [0.29, 0.717) is 35.3 Å². The highest BCUT2D eigenvalue weighted by molar-refractivity contribution is 5.87. The van der Waals surface area contributed by atoms with Gasteiger partial charge >= 0.3 is 6.03 Å². The lowest BCUT2D eigenvalue weighted by Gasteiger charge is -2.22. The van der Waals surface area contributed by atoms with Crippen molar-refractivity contribution in [2.24, 2.45) is 11.8 Å². The summed E-state index contributed by atoms with van der Waals surface area (Å²) in [6, 6.07) is 15.4. The lowest BCUT2D eigenvalue weighted by Crippen LogP contribution is -2.35. The van der Waals surface area contributed by atoms with Gasteiger partial charge in [-0.3, -0.25) is 4.79 Å². The summed E-state index contributed by atoms with van der Waals surface area (Å²) in [6.45, 7) is 5.13. The molecule has 2 amide bonds. The summed E-state index contributed by atoms with van der Waals surface area (Å²) in [6.07, 6.45) is 9.50. The van der Waals surface area contributed by atoms with Gasteiger partial charge in [0, 0.05) is 35.8 Å². The molecule has 43 heavy (non-hydrogen) atoms. The summed E-state index contributed by atoms with van der Waals surface area (Å²) in [4.78, 5) is 27.2. The minimum atomic E-state index is -0.825. The fraction of sp³-hybridized carbons (Fsp3) is 0.294. The third-order valence-electron chi connectivity index (χ3n) is 7.42. The standard InChI is InChI=1S/C34H38N4O5/c1-21-14-23(12-13-35-20-31(40)28-8-10-30(39)33-29(28)9-11-32(41)38-33)18-24(15-21)36-34(42)37-25-16-22(2)17-27(19-25)43-26-6-4-3-5-7-26/h3-11,14,16,18-19,21-22,31,35,39-40H,12-13,15,17,20H2,1-2H3,(H,38,41)(H2,36,37,42). The number of carbonyl (C=O) groups is 1. The normalized spacial score (nSPS) is 19.0. The number of benzene rings is 2. The number of hydrogen-bond acceptors (Lipinski definition) is 6. The quantitative estimate of drug-likeness (QED) is 0.180. The van der Waals surface area contributed by atoms with Crippen LogP contribution in [0, 0.1) is 11.8 Å². The van der Waals surface area contributed by atoms with Gasteiger partial charge in [-0.15, -0.1) is 0 Å². The number of nitrogens with one attached hydrogen (secondary N) is 4. The van der Waals surface area contributed by atoms with E-state index in [2.05, 4.69) is 40.9 Å². The molecule has 5 rings (SSSR count). The number of aromatic hydroxyl groups is 1. The van der Waals surface area contributed by atoms with Gasteiger partial charge in [0.15, 0.2) is 0 Å². The molecule has 2 aliphatic rings. The molecule has 9 nitrogen and oxygen atoms in total. The molecule has 0 fully saturated rings. The van der Waals surface area contributed by atoms with Gasteiger partial charge in [0.1, 0.15) is 17.3 Å². The number of pyridine rings is 1. The first-order chi connectivity index (χ1) is 20.7. The fourth-order valence-corrected chi connectivity index (χ4v) is 5.54. The van der Waals surface area contributed by atoms with Crippen LogP contribution in [0.25, 0.3) is 10.9 Å². The molecule has 3 atom stereocenters. The van der Waals surface area contributed by atoms with E-state index >= 15 is 0 Å². The number of rotatable bonds is 10. The van der Waals surface area contributed by atoms with Crippen molar-refractivity contribution in [1.82, 2.24) is 20.9 Å². The average molecular weight is 583 g/mol. The zero-order valence-electron chi connectivity index (χ0n) is 24.4. The lowest BCUT2D eigenvalue weighted by atomic mass is 9.93. The van der Waals surface area contributed by atoms with Gasteiger partial charge in [0.2, 0.25) is 5.56 Å². The predicted octanol–water partition coefficient (Wildman–Crippen LogP) is 5.28. The Labute approximate surface area is 250 Å². The van der Waals surface area contributed by atoms with Gasteiger partial charge in [-0.1, -0.05) is 50.3 Å². The molecule has 0 radical (unpaired) electrons. The van der Waals surface area contributed by atoms with Crippen LogP contribution in [0.1, 0.15) is 44.8 Å². The molecule has 0 aliphatic heterocycles. The van der Waals surface area contributed by atoms with Crippen molar-refractivity contribution < 1.29 is 19.7 Å². The van der Waals surface area contributed by atoms with E-state index in [1.807, 2.05) is 48.6 Å². The SMILES string of the molecule is CC1C=C(CCNCC(O)c2ccc(O)c3[nH]c(=O)ccc23)C=C(NC(=O)NC2=CC(C)CC(Oc3ccccc3)=C2)C1. The average Bonchev–Trinajstić information content (AvgIpc) is 2.95. The molecule has 1 heterocycles. The molecule has 3 aromatic rings. The highest BCUT2D eigenvalue weighted by atomic mass is 16.5. The first kappa shape index (κ1) is 29.9. The van der Waals surface area contributed by atoms with Crippen LogP contribution in [0.2, 0.25) is 0 Å². The van der Waals surface area contributed by atoms with Crippen LogP contribution < -0.4 is 26.2 Å². The van der Waals surface area contributed by atoms with Crippen molar-refractivity contribution >= 4 is 16.9 Å². The Hall–Kier alpha value is -4.60. The Bertz CT molecular complexity index is 1650. The second-order valence-corrected chi connectivity index (χ2v) is 11.3. The number of aromatic nitrogens is 1. The molecular formula is C34H38N4O5. The van der Waals surface area contributed by atoms with Crippen molar-refractivity contribution in [3.05, 3.63) is 118 Å². The van der Waals surface area contributed by atoms with Crippen LogP contribution in [-0.2, 0) is 0 Å². The van der Waals surface area contributed by atoms with Crippen molar-refractivity contribution in [2.45, 2.75) is 39.2 Å². The Kier molecular flexibility index (Phi) is 9.44. The summed E-state index contributed by atoms with van der Waals surface area (Å²) in [5, 5.41) is 30.8. The molecule has 3 unspecified atom stereocenters. The number of ether oxygens (including phenoxy) is 1. The van der Waals surface area contributed by atoms with Crippen LogP contribution >= 0.6 is 0 Å². The number of phenolic OH excluding ortho intramolecular Hbond substituents is 1. The number of allylic oxidation sites excluding steroid dienone is 6. The molecule has 1 aromatic heterocycles. The highest BCUT2D eigenvalue weighted by Crippen LogP contribution is 2.29. The Morgan fingerprint density at radius 1 is 1.00 bits per heavy atom. The molecule has 2 aromatic carbocycles. The van der Waals surface area contributed by atoms with Gasteiger partial charge in [0.25, 0.3) is 0 Å². The summed E-state index contributed by atoms with van der Waals surface area (Å²) in [5.41, 5.74) is 3.27. The number of aromatic amines is 1. The Morgan fingerprint density at radius 3 is 2.60 bits per heavy atom. The molecule has 0 spiro atoms. The Morgan fingerprint density at radius 2 is 1.79 bits per heavy atom. The second-order valence-electron chi connectivity index (χ2n) is 11.3. The topological polar surface area (TPSA) is 136 Å². The highest BCUT2D eigenvalue weighted by Gasteiger charge is 2.18. The van der Waals surface area contributed by atoms with Gasteiger partial charge in [-0.25, -0.2) is 4.79 Å². The van der Waals surface area contributed by atoms with Crippen LogP contribution in [-0.4, -0.2) is 34.3 Å². The summed E-state index contributed by atoms with van der Waals surface area (Å²) >= 11 is 0. The van der Waals surface area contributed by atoms with Crippen LogP contribution in [0.3, 0.4) is 0 Å². The summed E-state index contributed by atoms with van der Waals surface area (Å²) in [7, 11) is 0. The monoisotopic (exact) mass is 582 g/mol. The number of phenols is 1. The molecule has 224 valence electrons. The van der Waals surface area contributed by atoms with E-state index < -0.39 is 6.10 Å². The maximum absolute atomic E-state index is 12.9. The lowest BCUT2D eigenvalue weighted by molar-refractivity contribution is 0.176. The molecular weight excluding hydrogens is 544 g/mol. The molecule has 6 N–H and O–H groups in total. The van der Waals surface area contributed by atoms with Crippen LogP contribution in [0.15, 0.2) is 106 Å². The first-order valence-corrected chi connectivity index (χ1v) is 14.6. The van der Waals surface area contributed by atoms with Gasteiger partial charge < -0.3 is 35.9 Å². The van der Waals surface area contributed by atoms with E-state index in [4.69, 9.17) is 4.74 Å². The smallest absolute Gasteiger partial charge is 0.323 e. The number of fused-ring (bicyclic) bond motifs is 1. The summed E-state index contributed by atoms with van der Waals surface area (Å²) < 4.78 is 6.02. The first-order valence-electron chi connectivity index (χ1n) is 14.6. The van der Waals surface area contributed by atoms with E-state index in [-0.39, 0.29) is 29.2 Å². The van der Waals surface area contributed by atoms with E-state index in [9.17, 15) is 19.8 Å². The second kappa shape index (κ2) is 13.6.